The molecule has 0 aliphatic rings. The predicted molar refractivity (Wildman–Crippen MR) is 95.5 cm³/mol. The van der Waals surface area contributed by atoms with E-state index in [1.165, 1.54) is 5.56 Å². The third-order valence-electron chi connectivity index (χ3n) is 3.66. The zero-order valence-corrected chi connectivity index (χ0v) is 14.5. The van der Waals surface area contributed by atoms with Crippen molar-refractivity contribution in [3.8, 4) is 0 Å². The Labute approximate surface area is 139 Å². The second-order valence-electron chi connectivity index (χ2n) is 6.45. The van der Waals surface area contributed by atoms with Crippen molar-refractivity contribution in [3.05, 3.63) is 42.1 Å². The van der Waals surface area contributed by atoms with Gasteiger partial charge in [-0.3, -0.25) is 0 Å². The lowest BCUT2D eigenvalue weighted by atomic mass is 10.1. The molecule has 2 rings (SSSR count). The molecule has 124 valence electrons. The van der Waals surface area contributed by atoms with E-state index in [1.807, 2.05) is 6.07 Å². The molecule has 0 saturated carbocycles. The summed E-state index contributed by atoms with van der Waals surface area (Å²) in [5, 5.41) is 11.5. The first kappa shape index (κ1) is 17.2. The molecule has 2 aromatic rings. The first-order chi connectivity index (χ1) is 11.1. The number of rotatable bonds is 8. The lowest BCUT2D eigenvalue weighted by Gasteiger charge is -2.27. The van der Waals surface area contributed by atoms with Crippen molar-refractivity contribution in [2.45, 2.75) is 46.7 Å². The molecule has 0 unspecified atom stereocenters. The average Bonchev–Trinajstić information content (AvgIpc) is 2.53. The number of anilines is 2. The summed E-state index contributed by atoms with van der Waals surface area (Å²) in [7, 11) is 0. The lowest BCUT2D eigenvalue weighted by molar-refractivity contribution is 0.605. The van der Waals surface area contributed by atoms with Crippen LogP contribution in [0, 0.1) is 5.92 Å². The summed E-state index contributed by atoms with van der Waals surface area (Å²) in [4.78, 5) is 6.86. The maximum Gasteiger partial charge on any atom is 0.244 e. The largest absolute Gasteiger partial charge is 0.353 e. The zero-order chi connectivity index (χ0) is 16.7. The van der Waals surface area contributed by atoms with Crippen LogP contribution in [0.5, 0.6) is 0 Å². The monoisotopic (exact) mass is 313 g/mol. The Morgan fingerprint density at radius 2 is 1.83 bits per heavy atom. The first-order valence-corrected chi connectivity index (χ1v) is 8.30. The van der Waals surface area contributed by atoms with Crippen molar-refractivity contribution in [1.29, 1.82) is 0 Å². The molecule has 0 amide bonds. The Bertz CT molecular complexity index is 583. The zero-order valence-electron chi connectivity index (χ0n) is 14.5. The van der Waals surface area contributed by atoms with Gasteiger partial charge in [0.2, 0.25) is 5.95 Å². The highest BCUT2D eigenvalue weighted by atomic mass is 15.3. The number of benzene rings is 1. The molecule has 5 nitrogen and oxygen atoms in total. The fourth-order valence-corrected chi connectivity index (χ4v) is 2.29. The van der Waals surface area contributed by atoms with Crippen LogP contribution in [0.1, 0.15) is 39.7 Å². The minimum absolute atomic E-state index is 0.329. The normalized spacial score (nSPS) is 11.0. The van der Waals surface area contributed by atoms with Crippen molar-refractivity contribution in [3.63, 3.8) is 0 Å². The maximum atomic E-state index is 4.63. The Hall–Kier alpha value is -2.17. The van der Waals surface area contributed by atoms with Gasteiger partial charge in [-0.25, -0.2) is 0 Å². The molecule has 0 atom stereocenters. The predicted octanol–water partition coefficient (Wildman–Crippen LogP) is 3.74. The number of aromatic nitrogens is 3. The number of hydrogen-bond donors (Lipinski definition) is 1. The number of nitrogens with one attached hydrogen (secondary N) is 1. The summed E-state index contributed by atoms with van der Waals surface area (Å²) in [6.07, 6.45) is 2.82. The summed E-state index contributed by atoms with van der Waals surface area (Å²) in [5.74, 6) is 2.11. The molecule has 0 fully saturated rings. The summed E-state index contributed by atoms with van der Waals surface area (Å²) in [6, 6.07) is 10.7. The van der Waals surface area contributed by atoms with Gasteiger partial charge in [-0.05, 0) is 31.7 Å². The van der Waals surface area contributed by atoms with Crippen LogP contribution in [0.2, 0.25) is 0 Å². The van der Waals surface area contributed by atoms with E-state index in [0.29, 0.717) is 17.9 Å². The van der Waals surface area contributed by atoms with Gasteiger partial charge < -0.3 is 10.2 Å². The number of hydrogen-bond acceptors (Lipinski definition) is 5. The van der Waals surface area contributed by atoms with E-state index in [1.54, 1.807) is 6.20 Å². The fraction of sp³-hybridized carbons (Fsp3) is 0.500. The molecule has 1 aromatic heterocycles. The molecule has 0 aliphatic carbocycles. The Morgan fingerprint density at radius 1 is 1.09 bits per heavy atom. The minimum Gasteiger partial charge on any atom is -0.353 e. The van der Waals surface area contributed by atoms with Crippen molar-refractivity contribution >= 4 is 11.8 Å². The van der Waals surface area contributed by atoms with Crippen LogP contribution in [0.3, 0.4) is 0 Å². The molecule has 0 aliphatic heterocycles. The van der Waals surface area contributed by atoms with Gasteiger partial charge in [0.15, 0.2) is 5.82 Å². The Balaban J connectivity index is 2.09. The van der Waals surface area contributed by atoms with Crippen molar-refractivity contribution in [2.75, 3.05) is 16.8 Å². The smallest absolute Gasteiger partial charge is 0.244 e. The molecular formula is C18H27N5. The third-order valence-corrected chi connectivity index (χ3v) is 3.66. The van der Waals surface area contributed by atoms with Crippen molar-refractivity contribution < 1.29 is 0 Å². The average molecular weight is 313 g/mol. The van der Waals surface area contributed by atoms with Crippen LogP contribution >= 0.6 is 0 Å². The number of nitrogens with zero attached hydrogens (tertiary/aromatic N) is 4. The van der Waals surface area contributed by atoms with Gasteiger partial charge in [-0.15, -0.1) is 5.10 Å². The van der Waals surface area contributed by atoms with Gasteiger partial charge in [0.1, 0.15) is 0 Å². The highest BCUT2D eigenvalue weighted by molar-refractivity contribution is 5.42. The molecule has 0 bridgehead atoms. The Morgan fingerprint density at radius 3 is 2.48 bits per heavy atom. The van der Waals surface area contributed by atoms with Gasteiger partial charge in [-0.2, -0.15) is 10.1 Å². The third kappa shape index (κ3) is 5.51. The molecule has 0 radical (unpaired) electrons. The molecule has 1 heterocycles. The summed E-state index contributed by atoms with van der Waals surface area (Å²) < 4.78 is 0. The quantitative estimate of drug-likeness (QED) is 0.804. The van der Waals surface area contributed by atoms with Gasteiger partial charge >= 0.3 is 0 Å². The van der Waals surface area contributed by atoms with Crippen LogP contribution < -0.4 is 10.2 Å². The topological polar surface area (TPSA) is 53.9 Å². The Kier molecular flexibility index (Phi) is 6.32. The molecule has 0 spiro atoms. The molecule has 1 aromatic carbocycles. The molecular weight excluding hydrogens is 286 g/mol. The first-order valence-electron chi connectivity index (χ1n) is 8.30. The van der Waals surface area contributed by atoms with Crippen LogP contribution in [0.15, 0.2) is 36.5 Å². The van der Waals surface area contributed by atoms with E-state index < -0.39 is 0 Å². The van der Waals surface area contributed by atoms with E-state index in [9.17, 15) is 0 Å². The summed E-state index contributed by atoms with van der Waals surface area (Å²) in [6.45, 7) is 10.4. The second kappa shape index (κ2) is 8.46. The van der Waals surface area contributed by atoms with E-state index in [4.69, 9.17) is 0 Å². The minimum atomic E-state index is 0.329. The van der Waals surface area contributed by atoms with E-state index >= 15 is 0 Å². The summed E-state index contributed by atoms with van der Waals surface area (Å²) in [5.41, 5.74) is 1.26. The van der Waals surface area contributed by atoms with E-state index in [-0.39, 0.29) is 0 Å². The van der Waals surface area contributed by atoms with E-state index in [0.717, 1.165) is 25.3 Å². The molecule has 23 heavy (non-hydrogen) atoms. The van der Waals surface area contributed by atoms with Crippen molar-refractivity contribution in [1.82, 2.24) is 15.2 Å². The van der Waals surface area contributed by atoms with Crippen LogP contribution in [0.4, 0.5) is 11.8 Å². The highest BCUT2D eigenvalue weighted by Gasteiger charge is 2.14. The molecule has 1 N–H and O–H groups in total. The van der Waals surface area contributed by atoms with Crippen molar-refractivity contribution in [2.24, 2.45) is 5.92 Å². The van der Waals surface area contributed by atoms with Crippen LogP contribution in [-0.4, -0.2) is 27.8 Å². The van der Waals surface area contributed by atoms with Gasteiger partial charge in [0.05, 0.1) is 6.20 Å². The molecule has 0 saturated heterocycles. The molecule has 5 heteroatoms. The van der Waals surface area contributed by atoms with Crippen LogP contribution in [0.25, 0.3) is 0 Å². The van der Waals surface area contributed by atoms with Gasteiger partial charge in [-0.1, -0.05) is 44.2 Å². The maximum absolute atomic E-state index is 4.63. The standard InChI is InChI=1S/C18H27N5/c1-14(2)10-11-19-18-21-17(12-20-22-18)23(15(3)4)13-16-8-6-5-7-9-16/h5-9,12,14-15H,10-11,13H2,1-4H3,(H,19,21,22). The lowest BCUT2D eigenvalue weighted by Crippen LogP contribution is -2.31. The van der Waals surface area contributed by atoms with Gasteiger partial charge in [0.25, 0.3) is 0 Å². The SMILES string of the molecule is CC(C)CCNc1nncc(N(Cc2ccccc2)C(C)C)n1. The van der Waals surface area contributed by atoms with Gasteiger partial charge in [0, 0.05) is 19.1 Å². The second-order valence-corrected chi connectivity index (χ2v) is 6.45. The van der Waals surface area contributed by atoms with E-state index in [2.05, 4.69) is 77.4 Å². The van der Waals surface area contributed by atoms with Crippen LogP contribution in [-0.2, 0) is 6.54 Å². The fourth-order valence-electron chi connectivity index (χ4n) is 2.29. The highest BCUT2D eigenvalue weighted by Crippen LogP contribution is 2.17. The summed E-state index contributed by atoms with van der Waals surface area (Å²) >= 11 is 0.